The van der Waals surface area contributed by atoms with E-state index in [9.17, 15) is 5.11 Å². The number of thiophene rings is 1. The highest BCUT2D eigenvalue weighted by Crippen LogP contribution is 2.32. The van der Waals surface area contributed by atoms with Gasteiger partial charge in [0.05, 0.1) is 6.10 Å². The standard InChI is InChI=1S/C14H18OS/c1-10(2)7-8-12(15)14-9-11-5-3-4-6-13(11)16-14/h3-6,9-10,12,15H,7-8H2,1-2H3. The summed E-state index contributed by atoms with van der Waals surface area (Å²) in [6, 6.07) is 10.4. The summed E-state index contributed by atoms with van der Waals surface area (Å²) in [7, 11) is 0. The molecule has 1 nitrogen and oxygen atoms in total. The maximum atomic E-state index is 10.1. The number of hydrogen-bond donors (Lipinski definition) is 1. The van der Waals surface area contributed by atoms with Crippen molar-refractivity contribution in [3.63, 3.8) is 0 Å². The summed E-state index contributed by atoms with van der Waals surface area (Å²) in [5.74, 6) is 0.657. The zero-order valence-electron chi connectivity index (χ0n) is 9.81. The summed E-state index contributed by atoms with van der Waals surface area (Å²) < 4.78 is 1.26. The number of fused-ring (bicyclic) bond motifs is 1. The van der Waals surface area contributed by atoms with Gasteiger partial charge < -0.3 is 5.11 Å². The van der Waals surface area contributed by atoms with Gasteiger partial charge in [0.15, 0.2) is 0 Å². The first-order valence-electron chi connectivity index (χ1n) is 5.83. The highest BCUT2D eigenvalue weighted by Gasteiger charge is 2.11. The van der Waals surface area contributed by atoms with E-state index in [1.165, 1.54) is 10.1 Å². The molecule has 0 saturated heterocycles. The highest BCUT2D eigenvalue weighted by molar-refractivity contribution is 7.19. The van der Waals surface area contributed by atoms with Crippen molar-refractivity contribution >= 4 is 21.4 Å². The van der Waals surface area contributed by atoms with Crippen LogP contribution in [0.15, 0.2) is 30.3 Å². The van der Waals surface area contributed by atoms with Crippen LogP contribution in [0.1, 0.15) is 37.7 Å². The Morgan fingerprint density at radius 1 is 1.19 bits per heavy atom. The van der Waals surface area contributed by atoms with E-state index in [-0.39, 0.29) is 6.10 Å². The van der Waals surface area contributed by atoms with Crippen LogP contribution in [0.3, 0.4) is 0 Å². The average Bonchev–Trinajstić information content (AvgIpc) is 2.69. The minimum absolute atomic E-state index is 0.292. The Balaban J connectivity index is 2.13. The maximum absolute atomic E-state index is 10.1. The van der Waals surface area contributed by atoms with Gasteiger partial charge >= 0.3 is 0 Å². The van der Waals surface area contributed by atoms with E-state index in [0.29, 0.717) is 5.92 Å². The molecule has 0 radical (unpaired) electrons. The molecule has 0 spiro atoms. The Bertz CT molecular complexity index is 425. The van der Waals surface area contributed by atoms with Crippen LogP contribution in [0.2, 0.25) is 0 Å². The lowest BCUT2D eigenvalue weighted by Gasteiger charge is -2.09. The molecule has 0 bridgehead atoms. The van der Waals surface area contributed by atoms with Crippen LogP contribution in [0, 0.1) is 5.92 Å². The lowest BCUT2D eigenvalue weighted by molar-refractivity contribution is 0.163. The molecule has 0 saturated carbocycles. The topological polar surface area (TPSA) is 20.2 Å². The second-order valence-corrected chi connectivity index (χ2v) is 5.79. The van der Waals surface area contributed by atoms with Crippen LogP contribution in [0.5, 0.6) is 0 Å². The van der Waals surface area contributed by atoms with Gasteiger partial charge in [-0.2, -0.15) is 0 Å². The smallest absolute Gasteiger partial charge is 0.0882 e. The molecule has 1 aromatic heterocycles. The lowest BCUT2D eigenvalue weighted by atomic mass is 10.0. The third-order valence-corrected chi connectivity index (χ3v) is 4.01. The van der Waals surface area contributed by atoms with Gasteiger partial charge in [0, 0.05) is 9.58 Å². The largest absolute Gasteiger partial charge is 0.388 e. The van der Waals surface area contributed by atoms with Crippen LogP contribution in [0.4, 0.5) is 0 Å². The summed E-state index contributed by atoms with van der Waals surface area (Å²) in [4.78, 5) is 1.10. The van der Waals surface area contributed by atoms with E-state index in [4.69, 9.17) is 0 Å². The third-order valence-electron chi connectivity index (χ3n) is 2.79. The van der Waals surface area contributed by atoms with Crippen LogP contribution in [-0.2, 0) is 0 Å². The highest BCUT2D eigenvalue weighted by atomic mass is 32.1. The Morgan fingerprint density at radius 2 is 1.94 bits per heavy atom. The molecule has 2 rings (SSSR count). The molecular formula is C14H18OS. The Kier molecular flexibility index (Phi) is 3.62. The zero-order chi connectivity index (χ0) is 11.5. The number of hydrogen-bond acceptors (Lipinski definition) is 2. The fraction of sp³-hybridized carbons (Fsp3) is 0.429. The van der Waals surface area contributed by atoms with Crippen molar-refractivity contribution < 1.29 is 5.11 Å². The van der Waals surface area contributed by atoms with E-state index < -0.39 is 0 Å². The molecule has 0 aliphatic heterocycles. The lowest BCUT2D eigenvalue weighted by Crippen LogP contribution is -1.97. The van der Waals surface area contributed by atoms with Gasteiger partial charge in [-0.05, 0) is 36.3 Å². The minimum atomic E-state index is -0.292. The Hall–Kier alpha value is -0.860. The number of benzene rings is 1. The second-order valence-electron chi connectivity index (χ2n) is 4.67. The first-order valence-corrected chi connectivity index (χ1v) is 6.65. The van der Waals surface area contributed by atoms with Gasteiger partial charge in [-0.25, -0.2) is 0 Å². The molecule has 0 fully saturated rings. The van der Waals surface area contributed by atoms with Crippen LogP contribution >= 0.6 is 11.3 Å². The Labute approximate surface area is 101 Å². The predicted molar refractivity (Wildman–Crippen MR) is 70.9 cm³/mol. The Morgan fingerprint density at radius 3 is 2.62 bits per heavy atom. The fourth-order valence-corrected chi connectivity index (χ4v) is 2.89. The zero-order valence-corrected chi connectivity index (χ0v) is 10.6. The monoisotopic (exact) mass is 234 g/mol. The van der Waals surface area contributed by atoms with Gasteiger partial charge in [0.2, 0.25) is 0 Å². The van der Waals surface area contributed by atoms with Crippen molar-refractivity contribution in [2.24, 2.45) is 5.92 Å². The number of aliphatic hydroxyl groups is 1. The normalized spacial score (nSPS) is 13.5. The molecule has 0 aliphatic rings. The van der Waals surface area contributed by atoms with E-state index in [0.717, 1.165) is 17.7 Å². The van der Waals surface area contributed by atoms with Crippen molar-refractivity contribution in [3.05, 3.63) is 35.2 Å². The van der Waals surface area contributed by atoms with Gasteiger partial charge in [0.1, 0.15) is 0 Å². The molecule has 0 aliphatic carbocycles. The molecule has 2 heteroatoms. The maximum Gasteiger partial charge on any atom is 0.0882 e. The summed E-state index contributed by atoms with van der Waals surface area (Å²) in [6.07, 6.45) is 1.65. The molecule has 0 amide bonds. The van der Waals surface area contributed by atoms with Gasteiger partial charge in [0.25, 0.3) is 0 Å². The van der Waals surface area contributed by atoms with Gasteiger partial charge in [-0.1, -0.05) is 32.0 Å². The molecule has 1 unspecified atom stereocenters. The molecule has 86 valence electrons. The van der Waals surface area contributed by atoms with Crippen molar-refractivity contribution in [2.45, 2.75) is 32.8 Å². The first kappa shape index (κ1) is 11.6. The summed E-state index contributed by atoms with van der Waals surface area (Å²) in [6.45, 7) is 4.38. The van der Waals surface area contributed by atoms with Crippen molar-refractivity contribution in [2.75, 3.05) is 0 Å². The van der Waals surface area contributed by atoms with Gasteiger partial charge in [-0.3, -0.25) is 0 Å². The minimum Gasteiger partial charge on any atom is -0.388 e. The summed E-state index contributed by atoms with van der Waals surface area (Å²) >= 11 is 1.71. The molecule has 1 aromatic carbocycles. The molecular weight excluding hydrogens is 216 g/mol. The molecule has 1 atom stereocenters. The average molecular weight is 234 g/mol. The second kappa shape index (κ2) is 4.98. The summed E-state index contributed by atoms with van der Waals surface area (Å²) in [5, 5.41) is 11.3. The molecule has 2 aromatic rings. The fourth-order valence-electron chi connectivity index (χ4n) is 1.80. The van der Waals surface area contributed by atoms with Crippen molar-refractivity contribution in [1.82, 2.24) is 0 Å². The molecule has 1 N–H and O–H groups in total. The van der Waals surface area contributed by atoms with E-state index in [1.54, 1.807) is 11.3 Å². The van der Waals surface area contributed by atoms with E-state index in [1.807, 2.05) is 12.1 Å². The van der Waals surface area contributed by atoms with Gasteiger partial charge in [-0.15, -0.1) is 11.3 Å². The predicted octanol–water partition coefficient (Wildman–Crippen LogP) is 4.37. The summed E-state index contributed by atoms with van der Waals surface area (Å²) in [5.41, 5.74) is 0. The van der Waals surface area contributed by atoms with E-state index in [2.05, 4.69) is 32.0 Å². The first-order chi connectivity index (χ1) is 7.66. The van der Waals surface area contributed by atoms with Crippen molar-refractivity contribution in [3.8, 4) is 0 Å². The molecule has 1 heterocycles. The third kappa shape index (κ3) is 2.63. The van der Waals surface area contributed by atoms with Crippen LogP contribution in [0.25, 0.3) is 10.1 Å². The number of rotatable bonds is 4. The quantitative estimate of drug-likeness (QED) is 0.832. The van der Waals surface area contributed by atoms with Crippen LogP contribution < -0.4 is 0 Å². The number of aliphatic hydroxyl groups excluding tert-OH is 1. The van der Waals surface area contributed by atoms with Crippen LogP contribution in [-0.4, -0.2) is 5.11 Å². The SMILES string of the molecule is CC(C)CCC(O)c1cc2ccccc2s1. The van der Waals surface area contributed by atoms with E-state index >= 15 is 0 Å². The van der Waals surface area contributed by atoms with Crippen molar-refractivity contribution in [1.29, 1.82) is 0 Å². The molecule has 16 heavy (non-hydrogen) atoms.